The molecule has 30 heavy (non-hydrogen) atoms. The Labute approximate surface area is 174 Å². The van der Waals surface area contributed by atoms with Gasteiger partial charge in [0.05, 0.1) is 7.11 Å². The lowest BCUT2D eigenvalue weighted by molar-refractivity contribution is -0.134. The lowest BCUT2D eigenvalue weighted by atomic mass is 9.87. The predicted octanol–water partition coefficient (Wildman–Crippen LogP) is 2.69. The van der Waals surface area contributed by atoms with Gasteiger partial charge in [-0.3, -0.25) is 19.3 Å². The summed E-state index contributed by atoms with van der Waals surface area (Å²) in [5.41, 5.74) is 0.377. The highest BCUT2D eigenvalue weighted by Crippen LogP contribution is 2.33. The Bertz CT molecular complexity index is 985. The number of carbonyl (C=O) groups excluding carboxylic acids is 4. The van der Waals surface area contributed by atoms with Crippen molar-refractivity contribution in [1.29, 1.82) is 0 Å². The predicted molar refractivity (Wildman–Crippen MR) is 110 cm³/mol. The fourth-order valence-corrected chi connectivity index (χ4v) is 3.42. The first-order chi connectivity index (χ1) is 14.3. The molecule has 0 saturated carbocycles. The highest BCUT2D eigenvalue weighted by atomic mass is 16.5. The van der Waals surface area contributed by atoms with Gasteiger partial charge < -0.3 is 15.4 Å². The van der Waals surface area contributed by atoms with Crippen molar-refractivity contribution < 1.29 is 23.9 Å². The maximum Gasteiger partial charge on any atom is 0.325 e. The van der Waals surface area contributed by atoms with Gasteiger partial charge in [-0.15, -0.1) is 0 Å². The van der Waals surface area contributed by atoms with Crippen LogP contribution in [0.4, 0.5) is 10.5 Å². The van der Waals surface area contributed by atoms with Crippen molar-refractivity contribution in [3.63, 3.8) is 0 Å². The Morgan fingerprint density at radius 3 is 2.23 bits per heavy atom. The number of imide groups is 1. The van der Waals surface area contributed by atoms with Crippen LogP contribution >= 0.6 is 0 Å². The normalized spacial score (nSPS) is 18.2. The fraction of sp³-hybridized carbons (Fsp3) is 0.273. The summed E-state index contributed by atoms with van der Waals surface area (Å²) in [5.74, 6) is -0.451. The molecule has 0 spiro atoms. The third-order valence-electron chi connectivity index (χ3n) is 5.17. The first kappa shape index (κ1) is 21.0. The van der Waals surface area contributed by atoms with Crippen LogP contribution < -0.4 is 15.4 Å². The average Bonchev–Trinajstić information content (AvgIpc) is 2.99. The Hall–Kier alpha value is -3.68. The molecule has 0 aromatic heterocycles. The minimum atomic E-state index is -1.23. The lowest BCUT2D eigenvalue weighted by Gasteiger charge is -2.26. The number of rotatable bonds is 7. The van der Waals surface area contributed by atoms with E-state index in [0.29, 0.717) is 29.0 Å². The van der Waals surface area contributed by atoms with E-state index >= 15 is 0 Å². The molecule has 1 aliphatic heterocycles. The van der Waals surface area contributed by atoms with Crippen LogP contribution in [0.1, 0.15) is 36.2 Å². The molecular weight excluding hydrogens is 386 g/mol. The number of carbonyl (C=O) groups is 4. The van der Waals surface area contributed by atoms with Crippen molar-refractivity contribution in [3.8, 4) is 5.75 Å². The number of hydrogen-bond acceptors (Lipinski definition) is 5. The molecule has 2 aromatic carbocycles. The molecule has 0 radical (unpaired) electrons. The average molecular weight is 409 g/mol. The van der Waals surface area contributed by atoms with Crippen LogP contribution in [0, 0.1) is 0 Å². The number of nitrogens with zero attached hydrogens (tertiary/aromatic N) is 1. The second kappa shape index (κ2) is 8.36. The number of amides is 4. The summed E-state index contributed by atoms with van der Waals surface area (Å²) in [6, 6.07) is 12.6. The van der Waals surface area contributed by atoms with Gasteiger partial charge >= 0.3 is 6.03 Å². The van der Waals surface area contributed by atoms with E-state index in [0.717, 1.165) is 4.90 Å². The van der Waals surface area contributed by atoms with Gasteiger partial charge in [-0.25, -0.2) is 4.79 Å². The molecule has 0 bridgehead atoms. The molecule has 2 N–H and O–H groups in total. The number of ketones is 1. The summed E-state index contributed by atoms with van der Waals surface area (Å²) in [6.45, 7) is 2.83. The number of Topliss-reactive ketones (excluding diaryl/α,β-unsaturated/α-hetero) is 1. The number of anilines is 1. The van der Waals surface area contributed by atoms with Crippen molar-refractivity contribution in [1.82, 2.24) is 10.2 Å². The van der Waals surface area contributed by atoms with E-state index in [4.69, 9.17) is 4.74 Å². The first-order valence-electron chi connectivity index (χ1n) is 9.50. The van der Waals surface area contributed by atoms with E-state index in [1.54, 1.807) is 62.6 Å². The standard InChI is InChI=1S/C22H23N3O5/c1-4-22(16-7-11-18(30-3)12-8-16)20(28)25(21(29)24-22)13-19(27)23-17-9-5-15(6-10-17)14(2)26/h5-12H,4,13H2,1-3H3,(H,23,27)(H,24,29)/t22-/m1/s1. The summed E-state index contributed by atoms with van der Waals surface area (Å²) in [5, 5.41) is 5.37. The van der Waals surface area contributed by atoms with Crippen molar-refractivity contribution >= 4 is 29.3 Å². The summed E-state index contributed by atoms with van der Waals surface area (Å²) in [7, 11) is 1.54. The smallest absolute Gasteiger partial charge is 0.325 e. The van der Waals surface area contributed by atoms with Crippen molar-refractivity contribution in [2.24, 2.45) is 0 Å². The van der Waals surface area contributed by atoms with Crippen molar-refractivity contribution in [3.05, 3.63) is 59.7 Å². The van der Waals surface area contributed by atoms with Gasteiger partial charge in [-0.05, 0) is 55.3 Å². The lowest BCUT2D eigenvalue weighted by Crippen LogP contribution is -2.44. The van der Waals surface area contributed by atoms with Crippen LogP contribution in [-0.4, -0.2) is 42.2 Å². The molecule has 0 aliphatic carbocycles. The van der Waals surface area contributed by atoms with Gasteiger partial charge in [0, 0.05) is 11.3 Å². The molecule has 1 saturated heterocycles. The zero-order chi connectivity index (χ0) is 21.9. The maximum atomic E-state index is 13.1. The second-order valence-corrected chi connectivity index (χ2v) is 6.99. The maximum absolute atomic E-state index is 13.1. The van der Waals surface area contributed by atoms with E-state index in [-0.39, 0.29) is 5.78 Å². The van der Waals surface area contributed by atoms with Gasteiger partial charge in [-0.2, -0.15) is 0 Å². The van der Waals surface area contributed by atoms with Gasteiger partial charge in [0.25, 0.3) is 5.91 Å². The zero-order valence-corrected chi connectivity index (χ0v) is 17.0. The molecule has 0 unspecified atom stereocenters. The van der Waals surface area contributed by atoms with E-state index in [1.165, 1.54) is 6.92 Å². The van der Waals surface area contributed by atoms with Gasteiger partial charge in [0.2, 0.25) is 5.91 Å². The van der Waals surface area contributed by atoms with Crippen molar-refractivity contribution in [2.45, 2.75) is 25.8 Å². The fourth-order valence-electron chi connectivity index (χ4n) is 3.42. The summed E-state index contributed by atoms with van der Waals surface area (Å²) < 4.78 is 5.14. The summed E-state index contributed by atoms with van der Waals surface area (Å²) >= 11 is 0. The molecule has 1 aliphatic rings. The van der Waals surface area contributed by atoms with E-state index in [9.17, 15) is 19.2 Å². The monoisotopic (exact) mass is 409 g/mol. The van der Waals surface area contributed by atoms with Crippen LogP contribution in [0.5, 0.6) is 5.75 Å². The van der Waals surface area contributed by atoms with Crippen molar-refractivity contribution in [2.75, 3.05) is 19.0 Å². The SMILES string of the molecule is CC[C@]1(c2ccc(OC)cc2)NC(=O)N(CC(=O)Nc2ccc(C(C)=O)cc2)C1=O. The molecule has 156 valence electrons. The number of nitrogens with one attached hydrogen (secondary N) is 2. The third kappa shape index (κ3) is 3.89. The van der Waals surface area contributed by atoms with Crippen LogP contribution in [-0.2, 0) is 15.1 Å². The van der Waals surface area contributed by atoms with E-state index in [1.807, 2.05) is 0 Å². The minimum Gasteiger partial charge on any atom is -0.497 e. The number of urea groups is 1. The number of benzene rings is 2. The molecule has 1 heterocycles. The second-order valence-electron chi connectivity index (χ2n) is 6.99. The Morgan fingerprint density at radius 2 is 1.70 bits per heavy atom. The quantitative estimate of drug-likeness (QED) is 0.540. The van der Waals surface area contributed by atoms with E-state index < -0.39 is 29.9 Å². The Morgan fingerprint density at radius 1 is 1.07 bits per heavy atom. The molecule has 8 heteroatoms. The van der Waals surface area contributed by atoms with E-state index in [2.05, 4.69) is 10.6 Å². The highest BCUT2D eigenvalue weighted by Gasteiger charge is 2.51. The van der Waals surface area contributed by atoms with Crippen LogP contribution in [0.15, 0.2) is 48.5 Å². The largest absolute Gasteiger partial charge is 0.497 e. The molecule has 3 rings (SSSR count). The van der Waals surface area contributed by atoms with Crippen LogP contribution in [0.3, 0.4) is 0 Å². The summed E-state index contributed by atoms with van der Waals surface area (Å²) in [4.78, 5) is 50.3. The molecule has 8 nitrogen and oxygen atoms in total. The zero-order valence-electron chi connectivity index (χ0n) is 17.0. The molecule has 4 amide bonds. The molecule has 1 fully saturated rings. The van der Waals surface area contributed by atoms with Gasteiger partial charge in [0.1, 0.15) is 17.8 Å². The number of hydrogen-bond donors (Lipinski definition) is 2. The molecule has 2 aromatic rings. The van der Waals surface area contributed by atoms with Gasteiger partial charge in [0.15, 0.2) is 5.78 Å². The Kier molecular flexibility index (Phi) is 5.86. The van der Waals surface area contributed by atoms with Crippen LogP contribution in [0.25, 0.3) is 0 Å². The van der Waals surface area contributed by atoms with Crippen LogP contribution in [0.2, 0.25) is 0 Å². The Balaban J connectivity index is 1.74. The number of ether oxygens (including phenoxy) is 1. The van der Waals surface area contributed by atoms with Gasteiger partial charge in [-0.1, -0.05) is 19.1 Å². The first-order valence-corrected chi connectivity index (χ1v) is 9.50. The number of methoxy groups -OCH3 is 1. The topological polar surface area (TPSA) is 105 Å². The summed E-state index contributed by atoms with van der Waals surface area (Å²) in [6.07, 6.45) is 0.328. The highest BCUT2D eigenvalue weighted by molar-refractivity contribution is 6.10. The minimum absolute atomic E-state index is 0.0818. The third-order valence-corrected chi connectivity index (χ3v) is 5.17. The molecular formula is C22H23N3O5. The molecule has 1 atom stereocenters.